The van der Waals surface area contributed by atoms with Crippen molar-refractivity contribution in [2.24, 2.45) is 0 Å². The van der Waals surface area contributed by atoms with E-state index in [-0.39, 0.29) is 0 Å². The summed E-state index contributed by atoms with van der Waals surface area (Å²) in [6, 6.07) is 1.92. The zero-order valence-corrected chi connectivity index (χ0v) is 7.62. The first-order valence-electron chi connectivity index (χ1n) is 4.73. The number of hydrogen-bond donors (Lipinski definition) is 1. The second-order valence-corrected chi connectivity index (χ2v) is 3.56. The molecule has 1 aliphatic heterocycles. The molecule has 1 N–H and O–H groups in total. The zero-order chi connectivity index (χ0) is 9.10. The highest BCUT2D eigenvalue weighted by atomic mass is 16.1. The predicted octanol–water partition coefficient (Wildman–Crippen LogP) is 1.42. The van der Waals surface area contributed by atoms with E-state index in [0.29, 0.717) is 5.69 Å². The molecule has 2 heterocycles. The third-order valence-electron chi connectivity index (χ3n) is 2.50. The van der Waals surface area contributed by atoms with E-state index in [1.54, 1.807) is 0 Å². The number of likely N-dealkylation sites (tertiary alicyclic amines) is 1. The van der Waals surface area contributed by atoms with Gasteiger partial charge in [-0.2, -0.15) is 0 Å². The molecule has 1 saturated heterocycles. The maximum Gasteiger partial charge on any atom is 0.166 e. The Bertz CT molecular complexity index is 287. The van der Waals surface area contributed by atoms with E-state index < -0.39 is 0 Å². The molecule has 0 saturated carbocycles. The van der Waals surface area contributed by atoms with Crippen molar-refractivity contribution in [3.05, 3.63) is 23.5 Å². The molecule has 1 aromatic heterocycles. The second kappa shape index (κ2) is 3.75. The number of nitrogens with zero attached hydrogens (tertiary/aromatic N) is 1. The molecule has 0 atom stereocenters. The van der Waals surface area contributed by atoms with Gasteiger partial charge in [-0.3, -0.25) is 9.69 Å². The minimum absolute atomic E-state index is 0.675. The molecule has 2 rings (SSSR count). The second-order valence-electron chi connectivity index (χ2n) is 3.56. The van der Waals surface area contributed by atoms with Crippen LogP contribution in [0.4, 0.5) is 0 Å². The molecular weight excluding hydrogens is 164 g/mol. The SMILES string of the molecule is O=Cc1cc(CN2CCCC2)c[nH]1. The maximum atomic E-state index is 10.4. The number of carbonyl (C=O) groups is 1. The highest BCUT2D eigenvalue weighted by molar-refractivity contribution is 5.72. The lowest BCUT2D eigenvalue weighted by Gasteiger charge is -2.12. The van der Waals surface area contributed by atoms with Gasteiger partial charge in [-0.15, -0.1) is 0 Å². The molecule has 0 bridgehead atoms. The summed E-state index contributed by atoms with van der Waals surface area (Å²) in [5, 5.41) is 0. The first-order valence-corrected chi connectivity index (χ1v) is 4.73. The van der Waals surface area contributed by atoms with Gasteiger partial charge in [0.15, 0.2) is 6.29 Å². The third kappa shape index (κ3) is 1.98. The quantitative estimate of drug-likeness (QED) is 0.711. The van der Waals surface area contributed by atoms with E-state index in [2.05, 4.69) is 9.88 Å². The van der Waals surface area contributed by atoms with Gasteiger partial charge in [0.2, 0.25) is 0 Å². The van der Waals surface area contributed by atoms with E-state index in [4.69, 9.17) is 0 Å². The summed E-state index contributed by atoms with van der Waals surface area (Å²) < 4.78 is 0. The molecule has 0 aromatic carbocycles. The van der Waals surface area contributed by atoms with Gasteiger partial charge in [0.1, 0.15) is 0 Å². The molecular formula is C10H14N2O. The van der Waals surface area contributed by atoms with Crippen molar-refractivity contribution in [1.29, 1.82) is 0 Å². The van der Waals surface area contributed by atoms with Crippen molar-refractivity contribution in [3.8, 4) is 0 Å². The fourth-order valence-corrected chi connectivity index (χ4v) is 1.82. The Morgan fingerprint density at radius 1 is 1.46 bits per heavy atom. The average Bonchev–Trinajstić information content (AvgIpc) is 2.76. The molecule has 13 heavy (non-hydrogen) atoms. The number of rotatable bonds is 3. The van der Waals surface area contributed by atoms with Crippen LogP contribution >= 0.6 is 0 Å². The average molecular weight is 178 g/mol. The number of aldehydes is 1. The molecule has 0 unspecified atom stereocenters. The van der Waals surface area contributed by atoms with Gasteiger partial charge >= 0.3 is 0 Å². The lowest BCUT2D eigenvalue weighted by atomic mass is 10.3. The van der Waals surface area contributed by atoms with E-state index in [0.717, 1.165) is 12.8 Å². The molecule has 3 nitrogen and oxygen atoms in total. The van der Waals surface area contributed by atoms with Crippen LogP contribution < -0.4 is 0 Å². The van der Waals surface area contributed by atoms with Gasteiger partial charge in [-0.1, -0.05) is 0 Å². The predicted molar refractivity (Wildman–Crippen MR) is 50.7 cm³/mol. The summed E-state index contributed by atoms with van der Waals surface area (Å²) in [5.41, 5.74) is 1.89. The topological polar surface area (TPSA) is 36.1 Å². The van der Waals surface area contributed by atoms with Crippen LogP contribution in [0.5, 0.6) is 0 Å². The van der Waals surface area contributed by atoms with Gasteiger partial charge in [0.05, 0.1) is 5.69 Å². The Hall–Kier alpha value is -1.09. The molecule has 0 amide bonds. The van der Waals surface area contributed by atoms with Crippen molar-refractivity contribution in [1.82, 2.24) is 9.88 Å². The number of nitrogens with one attached hydrogen (secondary N) is 1. The third-order valence-corrected chi connectivity index (χ3v) is 2.50. The lowest BCUT2D eigenvalue weighted by molar-refractivity contribution is 0.111. The van der Waals surface area contributed by atoms with E-state index in [1.165, 1.54) is 31.5 Å². The van der Waals surface area contributed by atoms with Crippen LogP contribution in [0.2, 0.25) is 0 Å². The summed E-state index contributed by atoms with van der Waals surface area (Å²) in [6.07, 6.45) is 5.39. The van der Waals surface area contributed by atoms with Crippen LogP contribution in [0.15, 0.2) is 12.3 Å². The Balaban J connectivity index is 1.96. The molecule has 0 radical (unpaired) electrons. The smallest absolute Gasteiger partial charge is 0.166 e. The Labute approximate surface area is 77.7 Å². The van der Waals surface area contributed by atoms with E-state index in [9.17, 15) is 4.79 Å². The first-order chi connectivity index (χ1) is 6.38. The molecule has 1 aromatic rings. The monoisotopic (exact) mass is 178 g/mol. The largest absolute Gasteiger partial charge is 0.359 e. The van der Waals surface area contributed by atoms with Gasteiger partial charge in [-0.05, 0) is 37.6 Å². The molecule has 1 aliphatic rings. The van der Waals surface area contributed by atoms with Crippen LogP contribution in [0.1, 0.15) is 28.9 Å². The molecule has 3 heteroatoms. The van der Waals surface area contributed by atoms with Crippen molar-refractivity contribution in [3.63, 3.8) is 0 Å². The summed E-state index contributed by atoms with van der Waals surface area (Å²) in [6.45, 7) is 3.37. The lowest BCUT2D eigenvalue weighted by Crippen LogP contribution is -2.17. The summed E-state index contributed by atoms with van der Waals surface area (Å²) in [5.74, 6) is 0. The number of aromatic nitrogens is 1. The number of carbonyl (C=O) groups excluding carboxylic acids is 1. The number of aromatic amines is 1. The van der Waals surface area contributed by atoms with Gasteiger partial charge in [-0.25, -0.2) is 0 Å². The summed E-state index contributed by atoms with van der Waals surface area (Å²) in [7, 11) is 0. The minimum atomic E-state index is 0.675. The molecule has 0 spiro atoms. The van der Waals surface area contributed by atoms with Gasteiger partial charge in [0.25, 0.3) is 0 Å². The van der Waals surface area contributed by atoms with Crippen molar-refractivity contribution < 1.29 is 4.79 Å². The van der Waals surface area contributed by atoms with Crippen molar-refractivity contribution in [2.45, 2.75) is 19.4 Å². The normalized spacial score (nSPS) is 17.8. The maximum absolute atomic E-state index is 10.4. The number of hydrogen-bond acceptors (Lipinski definition) is 2. The zero-order valence-electron chi connectivity index (χ0n) is 7.62. The Morgan fingerprint density at radius 3 is 2.85 bits per heavy atom. The van der Waals surface area contributed by atoms with Crippen molar-refractivity contribution >= 4 is 6.29 Å². The van der Waals surface area contributed by atoms with E-state index >= 15 is 0 Å². The van der Waals surface area contributed by atoms with E-state index in [1.807, 2.05) is 12.3 Å². The fourth-order valence-electron chi connectivity index (χ4n) is 1.82. The summed E-state index contributed by atoms with van der Waals surface area (Å²) >= 11 is 0. The van der Waals surface area contributed by atoms with Crippen molar-refractivity contribution in [2.75, 3.05) is 13.1 Å². The summed E-state index contributed by atoms with van der Waals surface area (Å²) in [4.78, 5) is 15.8. The number of H-pyrrole nitrogens is 1. The van der Waals surface area contributed by atoms with Gasteiger partial charge in [0, 0.05) is 12.7 Å². The van der Waals surface area contributed by atoms with Crippen LogP contribution in [-0.2, 0) is 6.54 Å². The molecule has 1 fully saturated rings. The molecule has 70 valence electrons. The van der Waals surface area contributed by atoms with Gasteiger partial charge < -0.3 is 4.98 Å². The fraction of sp³-hybridized carbons (Fsp3) is 0.500. The van der Waals surface area contributed by atoms with Crippen LogP contribution in [-0.4, -0.2) is 29.3 Å². The Kier molecular flexibility index (Phi) is 2.45. The highest BCUT2D eigenvalue weighted by Crippen LogP contribution is 2.12. The standard InChI is InChI=1S/C10H14N2O/c13-8-10-5-9(6-11-10)7-12-3-1-2-4-12/h5-6,8,11H,1-4,7H2. The minimum Gasteiger partial charge on any atom is -0.359 e. The first kappa shape index (κ1) is 8.51. The highest BCUT2D eigenvalue weighted by Gasteiger charge is 2.11. The van der Waals surface area contributed by atoms with Crippen LogP contribution in [0.25, 0.3) is 0 Å². The molecule has 0 aliphatic carbocycles. The Morgan fingerprint density at radius 2 is 2.23 bits per heavy atom. The van der Waals surface area contributed by atoms with Crippen LogP contribution in [0.3, 0.4) is 0 Å². The van der Waals surface area contributed by atoms with Crippen LogP contribution in [0, 0.1) is 0 Å².